The molecular weight excluding hydrogens is 330 g/mol. The van der Waals surface area contributed by atoms with E-state index in [0.29, 0.717) is 6.42 Å². The maximum absolute atomic E-state index is 10.3. The third kappa shape index (κ3) is 4.22. The summed E-state index contributed by atoms with van der Waals surface area (Å²) >= 11 is 3.48. The molecule has 0 saturated carbocycles. The average Bonchev–Trinajstić information content (AvgIpc) is 2.52. The van der Waals surface area contributed by atoms with Crippen molar-refractivity contribution in [2.24, 2.45) is 0 Å². The summed E-state index contributed by atoms with van der Waals surface area (Å²) < 4.78 is 6.10. The van der Waals surface area contributed by atoms with E-state index in [1.54, 1.807) is 7.11 Å². The van der Waals surface area contributed by atoms with Crippen molar-refractivity contribution in [1.29, 1.82) is 0 Å². The Kier molecular flexibility index (Phi) is 5.65. The molecule has 1 unspecified atom stereocenters. The maximum atomic E-state index is 10.3. The van der Waals surface area contributed by atoms with Gasteiger partial charge in [0.1, 0.15) is 5.75 Å². The van der Waals surface area contributed by atoms with Gasteiger partial charge in [0, 0.05) is 23.8 Å². The molecule has 0 bridgehead atoms. The Morgan fingerprint density at radius 3 is 2.43 bits per heavy atom. The van der Waals surface area contributed by atoms with Gasteiger partial charge >= 0.3 is 0 Å². The monoisotopic (exact) mass is 349 g/mol. The zero-order valence-corrected chi connectivity index (χ0v) is 13.9. The van der Waals surface area contributed by atoms with Crippen LogP contribution in [0.15, 0.2) is 53.0 Å². The smallest absolute Gasteiger partial charge is 0.119 e. The Morgan fingerprint density at radius 2 is 1.81 bits per heavy atom. The Labute approximate surface area is 134 Å². The predicted octanol–water partition coefficient (Wildman–Crippen LogP) is 4.02. The van der Waals surface area contributed by atoms with Crippen LogP contribution in [0, 0.1) is 0 Å². The Balaban J connectivity index is 1.94. The molecule has 2 aromatic rings. The van der Waals surface area contributed by atoms with Crippen molar-refractivity contribution in [2.45, 2.75) is 12.5 Å². The number of aliphatic hydroxyl groups is 1. The average molecular weight is 350 g/mol. The molecule has 2 aromatic carbocycles. The number of anilines is 1. The first-order valence-electron chi connectivity index (χ1n) is 6.89. The van der Waals surface area contributed by atoms with E-state index in [-0.39, 0.29) is 0 Å². The fraction of sp³-hybridized carbons (Fsp3) is 0.294. The lowest BCUT2D eigenvalue weighted by Crippen LogP contribution is -2.20. The molecule has 2 rings (SSSR count). The largest absolute Gasteiger partial charge is 0.497 e. The number of rotatable bonds is 6. The van der Waals surface area contributed by atoms with Crippen molar-refractivity contribution in [2.75, 3.05) is 25.6 Å². The molecule has 0 aromatic heterocycles. The SMILES string of the molecule is COc1ccc(N(C)CCC(O)c2ccccc2Br)cc1. The molecule has 1 atom stereocenters. The van der Waals surface area contributed by atoms with Gasteiger partial charge in [0.05, 0.1) is 13.2 Å². The Bertz CT molecular complexity index is 571. The van der Waals surface area contributed by atoms with Crippen LogP contribution in [0.3, 0.4) is 0 Å². The standard InChI is InChI=1S/C17H20BrNO2/c1-19(13-7-9-14(21-2)10-8-13)12-11-17(20)15-5-3-4-6-16(15)18/h3-10,17,20H,11-12H2,1-2H3. The van der Waals surface area contributed by atoms with Crippen LogP contribution in [-0.4, -0.2) is 25.8 Å². The minimum Gasteiger partial charge on any atom is -0.497 e. The first-order chi connectivity index (χ1) is 10.1. The minimum atomic E-state index is -0.471. The van der Waals surface area contributed by atoms with Crippen molar-refractivity contribution in [3.05, 3.63) is 58.6 Å². The van der Waals surface area contributed by atoms with Crippen LogP contribution in [0.25, 0.3) is 0 Å². The second-order valence-corrected chi connectivity index (χ2v) is 5.80. The van der Waals surface area contributed by atoms with Gasteiger partial charge in [0.15, 0.2) is 0 Å². The molecule has 4 heteroatoms. The highest BCUT2D eigenvalue weighted by Gasteiger charge is 2.12. The van der Waals surface area contributed by atoms with E-state index in [0.717, 1.165) is 28.0 Å². The van der Waals surface area contributed by atoms with Gasteiger partial charge < -0.3 is 14.7 Å². The van der Waals surface area contributed by atoms with Crippen molar-refractivity contribution < 1.29 is 9.84 Å². The van der Waals surface area contributed by atoms with E-state index in [2.05, 4.69) is 20.8 Å². The fourth-order valence-corrected chi connectivity index (χ4v) is 2.73. The summed E-state index contributed by atoms with van der Waals surface area (Å²) in [7, 11) is 3.68. The fourth-order valence-electron chi connectivity index (χ4n) is 2.18. The molecule has 3 nitrogen and oxygen atoms in total. The summed E-state index contributed by atoms with van der Waals surface area (Å²) in [4.78, 5) is 2.12. The van der Waals surface area contributed by atoms with E-state index in [9.17, 15) is 5.11 Å². The highest BCUT2D eigenvalue weighted by atomic mass is 79.9. The number of halogens is 1. The zero-order chi connectivity index (χ0) is 15.2. The van der Waals surface area contributed by atoms with Crippen LogP contribution < -0.4 is 9.64 Å². The first-order valence-corrected chi connectivity index (χ1v) is 7.69. The summed E-state index contributed by atoms with van der Waals surface area (Å²) in [5.41, 5.74) is 2.04. The van der Waals surface area contributed by atoms with Crippen molar-refractivity contribution in [3.63, 3.8) is 0 Å². The van der Waals surface area contributed by atoms with Crippen molar-refractivity contribution in [1.82, 2.24) is 0 Å². The summed E-state index contributed by atoms with van der Waals surface area (Å²) in [5.74, 6) is 0.848. The second kappa shape index (κ2) is 7.48. The van der Waals surface area contributed by atoms with Gasteiger partial charge in [-0.1, -0.05) is 34.1 Å². The van der Waals surface area contributed by atoms with E-state index < -0.39 is 6.10 Å². The highest BCUT2D eigenvalue weighted by Crippen LogP contribution is 2.26. The minimum absolute atomic E-state index is 0.471. The van der Waals surface area contributed by atoms with Crippen molar-refractivity contribution in [3.8, 4) is 5.75 Å². The van der Waals surface area contributed by atoms with Gasteiger partial charge in [0.25, 0.3) is 0 Å². The Morgan fingerprint density at radius 1 is 1.14 bits per heavy atom. The normalized spacial score (nSPS) is 12.0. The van der Waals surface area contributed by atoms with Crippen LogP contribution in [-0.2, 0) is 0 Å². The molecule has 1 N–H and O–H groups in total. The molecule has 0 heterocycles. The molecule has 0 saturated heterocycles. The number of benzene rings is 2. The molecule has 0 amide bonds. The summed E-state index contributed by atoms with van der Waals surface area (Å²) in [6.07, 6.45) is 0.201. The van der Waals surface area contributed by atoms with Gasteiger partial charge in [-0.2, -0.15) is 0 Å². The number of hydrogen-bond donors (Lipinski definition) is 1. The van der Waals surface area contributed by atoms with Gasteiger partial charge in [0.2, 0.25) is 0 Å². The number of methoxy groups -OCH3 is 1. The Hall–Kier alpha value is -1.52. The molecule has 0 aliphatic carbocycles. The molecule has 0 aliphatic rings. The number of ether oxygens (including phenoxy) is 1. The molecular formula is C17H20BrNO2. The van der Waals surface area contributed by atoms with Gasteiger partial charge in [-0.15, -0.1) is 0 Å². The lowest BCUT2D eigenvalue weighted by Gasteiger charge is -2.22. The predicted molar refractivity (Wildman–Crippen MR) is 90.0 cm³/mol. The molecule has 0 fully saturated rings. The van der Waals surface area contributed by atoms with E-state index in [1.807, 2.05) is 55.6 Å². The van der Waals surface area contributed by atoms with Crippen molar-refractivity contribution >= 4 is 21.6 Å². The molecule has 21 heavy (non-hydrogen) atoms. The zero-order valence-electron chi connectivity index (χ0n) is 12.3. The van der Waals surface area contributed by atoms with Gasteiger partial charge in [-0.3, -0.25) is 0 Å². The first kappa shape index (κ1) is 15.9. The molecule has 0 aliphatic heterocycles. The lowest BCUT2D eigenvalue weighted by molar-refractivity contribution is 0.169. The van der Waals surface area contributed by atoms with Crippen LogP contribution in [0.2, 0.25) is 0 Å². The molecule has 0 radical (unpaired) electrons. The summed E-state index contributed by atoms with van der Waals surface area (Å²) in [6, 6.07) is 15.7. The number of hydrogen-bond acceptors (Lipinski definition) is 3. The lowest BCUT2D eigenvalue weighted by atomic mass is 10.1. The van der Waals surface area contributed by atoms with Crippen LogP contribution in [0.4, 0.5) is 5.69 Å². The van der Waals surface area contributed by atoms with Gasteiger partial charge in [-0.05, 0) is 42.3 Å². The highest BCUT2D eigenvalue weighted by molar-refractivity contribution is 9.10. The summed E-state index contributed by atoms with van der Waals surface area (Å²) in [5, 5.41) is 10.3. The molecule has 0 spiro atoms. The number of nitrogens with zero attached hydrogens (tertiary/aromatic N) is 1. The number of aliphatic hydroxyl groups excluding tert-OH is 1. The molecule has 112 valence electrons. The van der Waals surface area contributed by atoms with E-state index in [1.165, 1.54) is 0 Å². The van der Waals surface area contributed by atoms with E-state index >= 15 is 0 Å². The maximum Gasteiger partial charge on any atom is 0.119 e. The quantitative estimate of drug-likeness (QED) is 0.854. The third-order valence-corrected chi connectivity index (χ3v) is 4.24. The van der Waals surface area contributed by atoms with Gasteiger partial charge in [-0.25, -0.2) is 0 Å². The third-order valence-electron chi connectivity index (χ3n) is 3.52. The van der Waals surface area contributed by atoms with Crippen LogP contribution >= 0.6 is 15.9 Å². The van der Waals surface area contributed by atoms with Crippen LogP contribution in [0.1, 0.15) is 18.1 Å². The second-order valence-electron chi connectivity index (χ2n) is 4.95. The topological polar surface area (TPSA) is 32.7 Å². The van der Waals surface area contributed by atoms with Crippen LogP contribution in [0.5, 0.6) is 5.75 Å². The summed E-state index contributed by atoms with van der Waals surface area (Å²) in [6.45, 7) is 0.773. The van der Waals surface area contributed by atoms with E-state index in [4.69, 9.17) is 4.74 Å².